The van der Waals surface area contributed by atoms with Crippen molar-refractivity contribution in [3.8, 4) is 0 Å². The number of nitrogens with one attached hydrogen (secondary N) is 1. The lowest BCUT2D eigenvalue weighted by molar-refractivity contribution is -0.119. The molecule has 1 N–H and O–H groups in total. The van der Waals surface area contributed by atoms with Crippen LogP contribution in [0.25, 0.3) is 0 Å². The van der Waals surface area contributed by atoms with Gasteiger partial charge < -0.3 is 10.2 Å². The number of fused-ring (bicyclic) bond motifs is 1. The SMILES string of the molecule is CCC1Nc2ccc(C)c(C)c2N(C)C1=O. The van der Waals surface area contributed by atoms with Crippen molar-refractivity contribution in [3.05, 3.63) is 23.3 Å². The topological polar surface area (TPSA) is 32.3 Å². The number of hydrogen-bond acceptors (Lipinski definition) is 2. The number of anilines is 2. The molecule has 0 saturated carbocycles. The summed E-state index contributed by atoms with van der Waals surface area (Å²) in [6.45, 7) is 6.15. The third-order valence-electron chi connectivity index (χ3n) is 3.40. The van der Waals surface area contributed by atoms with Crippen LogP contribution in [-0.2, 0) is 4.79 Å². The monoisotopic (exact) mass is 218 g/mol. The number of amides is 1. The van der Waals surface area contributed by atoms with Gasteiger partial charge in [0.25, 0.3) is 0 Å². The van der Waals surface area contributed by atoms with Gasteiger partial charge in [-0.1, -0.05) is 13.0 Å². The van der Waals surface area contributed by atoms with Crippen LogP contribution in [0.4, 0.5) is 11.4 Å². The van der Waals surface area contributed by atoms with Gasteiger partial charge in [0.2, 0.25) is 5.91 Å². The van der Waals surface area contributed by atoms with E-state index < -0.39 is 0 Å². The van der Waals surface area contributed by atoms with Crippen LogP contribution in [0.3, 0.4) is 0 Å². The lowest BCUT2D eigenvalue weighted by Crippen LogP contribution is -2.45. The van der Waals surface area contributed by atoms with Gasteiger partial charge in [-0.3, -0.25) is 4.79 Å². The van der Waals surface area contributed by atoms with Crippen molar-refractivity contribution in [3.63, 3.8) is 0 Å². The molecule has 0 aliphatic carbocycles. The van der Waals surface area contributed by atoms with Gasteiger partial charge in [-0.05, 0) is 37.5 Å². The summed E-state index contributed by atoms with van der Waals surface area (Å²) in [7, 11) is 1.86. The maximum absolute atomic E-state index is 12.0. The van der Waals surface area contributed by atoms with Crippen LogP contribution >= 0.6 is 0 Å². The Balaban J connectivity index is 2.55. The van der Waals surface area contributed by atoms with E-state index in [1.807, 2.05) is 14.0 Å². The van der Waals surface area contributed by atoms with E-state index in [1.54, 1.807) is 4.90 Å². The molecule has 0 bridgehead atoms. The van der Waals surface area contributed by atoms with E-state index in [4.69, 9.17) is 0 Å². The molecule has 2 rings (SSSR count). The fourth-order valence-electron chi connectivity index (χ4n) is 2.22. The summed E-state index contributed by atoms with van der Waals surface area (Å²) in [6, 6.07) is 4.07. The van der Waals surface area contributed by atoms with Crippen molar-refractivity contribution in [2.24, 2.45) is 0 Å². The second-order valence-electron chi connectivity index (χ2n) is 4.41. The molecule has 1 unspecified atom stereocenters. The Hall–Kier alpha value is -1.51. The smallest absolute Gasteiger partial charge is 0.249 e. The predicted molar refractivity (Wildman–Crippen MR) is 67.0 cm³/mol. The number of nitrogens with zero attached hydrogens (tertiary/aromatic N) is 1. The average Bonchev–Trinajstić information content (AvgIpc) is 2.28. The number of carbonyl (C=O) groups is 1. The fraction of sp³-hybridized carbons (Fsp3) is 0.462. The summed E-state index contributed by atoms with van der Waals surface area (Å²) >= 11 is 0. The van der Waals surface area contributed by atoms with Crippen LogP contribution < -0.4 is 10.2 Å². The Labute approximate surface area is 96.5 Å². The van der Waals surface area contributed by atoms with Crippen LogP contribution in [0.15, 0.2) is 12.1 Å². The second-order valence-corrected chi connectivity index (χ2v) is 4.41. The summed E-state index contributed by atoms with van der Waals surface area (Å²) in [5.41, 5.74) is 4.48. The second kappa shape index (κ2) is 3.81. The van der Waals surface area contributed by atoms with Gasteiger partial charge in [-0.25, -0.2) is 0 Å². The fourth-order valence-corrected chi connectivity index (χ4v) is 2.22. The zero-order valence-corrected chi connectivity index (χ0v) is 10.3. The summed E-state index contributed by atoms with van der Waals surface area (Å²) in [4.78, 5) is 13.8. The summed E-state index contributed by atoms with van der Waals surface area (Å²) in [5, 5.41) is 3.30. The quantitative estimate of drug-likeness (QED) is 0.785. The van der Waals surface area contributed by atoms with E-state index in [-0.39, 0.29) is 11.9 Å². The maximum Gasteiger partial charge on any atom is 0.249 e. The summed E-state index contributed by atoms with van der Waals surface area (Å²) in [6.07, 6.45) is 0.815. The first-order valence-electron chi connectivity index (χ1n) is 5.70. The zero-order chi connectivity index (χ0) is 11.9. The number of rotatable bonds is 1. The summed E-state index contributed by atoms with van der Waals surface area (Å²) in [5.74, 6) is 0.156. The van der Waals surface area contributed by atoms with E-state index in [0.717, 1.165) is 17.8 Å². The third kappa shape index (κ3) is 1.47. The zero-order valence-electron chi connectivity index (χ0n) is 10.3. The molecule has 0 saturated heterocycles. The average molecular weight is 218 g/mol. The third-order valence-corrected chi connectivity index (χ3v) is 3.40. The molecule has 0 aromatic heterocycles. The van der Waals surface area contributed by atoms with E-state index in [9.17, 15) is 4.79 Å². The normalized spacial score (nSPS) is 19.4. The lowest BCUT2D eigenvalue weighted by atomic mass is 10.0. The number of carbonyl (C=O) groups excluding carboxylic acids is 1. The van der Waals surface area contributed by atoms with E-state index >= 15 is 0 Å². The van der Waals surface area contributed by atoms with E-state index in [1.165, 1.54) is 11.1 Å². The minimum atomic E-state index is -0.0837. The molecular formula is C13H18N2O. The Morgan fingerprint density at radius 2 is 2.06 bits per heavy atom. The van der Waals surface area contributed by atoms with Gasteiger partial charge in [0.1, 0.15) is 6.04 Å². The highest BCUT2D eigenvalue weighted by Gasteiger charge is 2.29. The van der Waals surface area contributed by atoms with Crippen molar-refractivity contribution >= 4 is 17.3 Å². The standard InChI is InChI=1S/C13H18N2O/c1-5-10-13(16)15(4)12-9(3)8(2)6-7-11(12)14-10/h6-7,10,14H,5H2,1-4H3. The Morgan fingerprint density at radius 3 is 2.69 bits per heavy atom. The van der Waals surface area contributed by atoms with Gasteiger partial charge in [0.15, 0.2) is 0 Å². The van der Waals surface area contributed by atoms with Crippen molar-refractivity contribution < 1.29 is 4.79 Å². The molecule has 1 aliphatic heterocycles. The predicted octanol–water partition coefficient (Wildman–Crippen LogP) is 2.47. The molecule has 1 atom stereocenters. The van der Waals surface area contributed by atoms with Crippen LogP contribution in [0.2, 0.25) is 0 Å². The molecule has 86 valence electrons. The highest BCUT2D eigenvalue weighted by Crippen LogP contribution is 2.35. The molecule has 3 heteroatoms. The van der Waals surface area contributed by atoms with E-state index in [0.29, 0.717) is 0 Å². The molecule has 0 radical (unpaired) electrons. The molecule has 1 aromatic rings. The van der Waals surface area contributed by atoms with Crippen molar-refractivity contribution in [2.45, 2.75) is 33.2 Å². The minimum absolute atomic E-state index is 0.0837. The first-order chi connectivity index (χ1) is 7.56. The van der Waals surface area contributed by atoms with Crippen LogP contribution in [0.1, 0.15) is 24.5 Å². The van der Waals surface area contributed by atoms with Gasteiger partial charge in [-0.2, -0.15) is 0 Å². The molecule has 3 nitrogen and oxygen atoms in total. The maximum atomic E-state index is 12.0. The van der Waals surface area contributed by atoms with Crippen LogP contribution in [-0.4, -0.2) is 19.0 Å². The highest BCUT2D eigenvalue weighted by molar-refractivity contribution is 6.05. The number of aryl methyl sites for hydroxylation is 1. The Kier molecular flexibility index (Phi) is 2.62. The molecule has 16 heavy (non-hydrogen) atoms. The molecule has 1 aromatic carbocycles. The largest absolute Gasteiger partial charge is 0.372 e. The number of likely N-dealkylation sites (N-methyl/N-ethyl adjacent to an activating group) is 1. The van der Waals surface area contributed by atoms with Gasteiger partial charge in [0, 0.05) is 7.05 Å². The van der Waals surface area contributed by atoms with Gasteiger partial charge in [0.05, 0.1) is 11.4 Å². The van der Waals surface area contributed by atoms with Gasteiger partial charge in [-0.15, -0.1) is 0 Å². The number of hydrogen-bond donors (Lipinski definition) is 1. The molecular weight excluding hydrogens is 200 g/mol. The highest BCUT2D eigenvalue weighted by atomic mass is 16.2. The first kappa shape index (κ1) is 11.0. The van der Waals surface area contributed by atoms with Crippen molar-refractivity contribution in [1.29, 1.82) is 0 Å². The molecule has 1 amide bonds. The van der Waals surface area contributed by atoms with Gasteiger partial charge >= 0.3 is 0 Å². The molecule has 1 heterocycles. The first-order valence-corrected chi connectivity index (χ1v) is 5.70. The Bertz CT molecular complexity index is 440. The minimum Gasteiger partial charge on any atom is -0.372 e. The molecule has 0 spiro atoms. The van der Waals surface area contributed by atoms with Crippen molar-refractivity contribution in [2.75, 3.05) is 17.3 Å². The van der Waals surface area contributed by atoms with Crippen LogP contribution in [0.5, 0.6) is 0 Å². The molecule has 1 aliphatic rings. The molecule has 0 fully saturated rings. The van der Waals surface area contributed by atoms with E-state index in [2.05, 4.69) is 31.3 Å². The summed E-state index contributed by atoms with van der Waals surface area (Å²) < 4.78 is 0. The van der Waals surface area contributed by atoms with Crippen molar-refractivity contribution in [1.82, 2.24) is 0 Å². The lowest BCUT2D eigenvalue weighted by Gasteiger charge is -2.34. The van der Waals surface area contributed by atoms with Crippen LogP contribution in [0, 0.1) is 13.8 Å². The number of benzene rings is 1. The Morgan fingerprint density at radius 1 is 1.38 bits per heavy atom.